The van der Waals surface area contributed by atoms with Crippen LogP contribution in [-0.2, 0) is 27.1 Å². The van der Waals surface area contributed by atoms with Gasteiger partial charge >= 0.3 is 23.0 Å². The SMILES string of the molecule is CC1CCC(OP2(OC3CCCCC3)=NP(OC3CCCCC3)(OC3CCCCC3)=NP(OC3CCCCC3)(OC3CCCCC3)=N2)CC1. The second kappa shape index (κ2) is 18.2. The molecule has 1 aliphatic heterocycles. The highest BCUT2D eigenvalue weighted by Crippen LogP contribution is 2.82. The van der Waals surface area contributed by atoms with Crippen molar-refractivity contribution in [3.05, 3.63) is 0 Å². The van der Waals surface area contributed by atoms with Crippen molar-refractivity contribution in [1.29, 1.82) is 0 Å². The molecule has 12 heteroatoms. The first kappa shape index (κ1) is 37.8. The van der Waals surface area contributed by atoms with E-state index in [0.29, 0.717) is 0 Å². The van der Waals surface area contributed by atoms with Crippen molar-refractivity contribution in [3.8, 4) is 0 Å². The lowest BCUT2D eigenvalue weighted by atomic mass is 9.89. The molecule has 6 fully saturated rings. The van der Waals surface area contributed by atoms with E-state index in [1.807, 2.05) is 0 Å². The Morgan fingerprint density at radius 3 is 0.714 bits per heavy atom. The summed E-state index contributed by atoms with van der Waals surface area (Å²) in [6, 6.07) is 0. The summed E-state index contributed by atoms with van der Waals surface area (Å²) < 4.78 is 61.1. The first-order valence-electron chi connectivity index (χ1n) is 21.0. The molecule has 0 spiro atoms. The molecule has 282 valence electrons. The van der Waals surface area contributed by atoms with Crippen LogP contribution in [0.15, 0.2) is 13.5 Å². The van der Waals surface area contributed by atoms with Crippen LogP contribution in [0.2, 0.25) is 0 Å². The topological polar surface area (TPSA) is 92.5 Å². The molecular formula is C37H68N3O6P3. The Kier molecular flexibility index (Phi) is 14.0. The Hall–Kier alpha value is 0.450. The van der Waals surface area contributed by atoms with Gasteiger partial charge in [0.15, 0.2) is 0 Å². The minimum Gasteiger partial charge on any atom is -0.303 e. The predicted molar refractivity (Wildman–Crippen MR) is 200 cm³/mol. The summed E-state index contributed by atoms with van der Waals surface area (Å²) in [5.41, 5.74) is 0. The van der Waals surface area contributed by atoms with Crippen molar-refractivity contribution in [2.75, 3.05) is 0 Å². The van der Waals surface area contributed by atoms with Gasteiger partial charge in [-0.15, -0.1) is 13.5 Å². The number of hydrogen-bond acceptors (Lipinski definition) is 9. The molecule has 0 aromatic heterocycles. The van der Waals surface area contributed by atoms with Crippen LogP contribution in [0.1, 0.15) is 193 Å². The van der Waals surface area contributed by atoms with Crippen molar-refractivity contribution in [1.82, 2.24) is 0 Å². The highest BCUT2D eigenvalue weighted by Gasteiger charge is 2.49. The number of nitrogens with zero attached hydrogens (tertiary/aromatic N) is 3. The summed E-state index contributed by atoms with van der Waals surface area (Å²) in [5, 5.41) is 0. The van der Waals surface area contributed by atoms with Gasteiger partial charge in [-0.2, -0.15) is 0 Å². The van der Waals surface area contributed by atoms with Crippen molar-refractivity contribution >= 4 is 23.0 Å². The van der Waals surface area contributed by atoms with Gasteiger partial charge in [-0.25, -0.2) is 0 Å². The van der Waals surface area contributed by atoms with Crippen LogP contribution in [0.5, 0.6) is 0 Å². The number of hydrogen-bond donors (Lipinski definition) is 0. The van der Waals surface area contributed by atoms with E-state index in [-0.39, 0.29) is 36.6 Å². The second-order valence-electron chi connectivity index (χ2n) is 16.6. The van der Waals surface area contributed by atoms with Crippen LogP contribution in [-0.4, -0.2) is 36.6 Å². The average molecular weight is 744 g/mol. The Balaban J connectivity index is 1.38. The van der Waals surface area contributed by atoms with Gasteiger partial charge in [0.2, 0.25) is 0 Å². The molecule has 49 heavy (non-hydrogen) atoms. The largest absolute Gasteiger partial charge is 0.349 e. The zero-order chi connectivity index (χ0) is 33.4. The molecule has 0 N–H and O–H groups in total. The van der Waals surface area contributed by atoms with Crippen molar-refractivity contribution in [2.45, 2.75) is 230 Å². The summed E-state index contributed by atoms with van der Waals surface area (Å²) in [6.45, 7) is 2.37. The zero-order valence-electron chi connectivity index (χ0n) is 30.7. The fourth-order valence-electron chi connectivity index (χ4n) is 9.16. The molecule has 9 nitrogen and oxygen atoms in total. The molecule has 6 saturated carbocycles. The van der Waals surface area contributed by atoms with Gasteiger partial charge in [0.1, 0.15) is 0 Å². The van der Waals surface area contributed by atoms with Crippen LogP contribution >= 0.6 is 23.0 Å². The third-order valence-corrected chi connectivity index (χ3v) is 21.0. The Morgan fingerprint density at radius 1 is 0.286 bits per heavy atom. The van der Waals surface area contributed by atoms with E-state index in [4.69, 9.17) is 40.7 Å². The van der Waals surface area contributed by atoms with Crippen LogP contribution in [0, 0.1) is 5.92 Å². The standard InChI is InChI=1S/C37H68N3O6P3/c1-31-27-29-37(30-28-31)46-49(45-36-25-15-6-16-26-36)39-47(41-32-17-7-2-8-18-32,42-33-19-9-3-10-20-33)38-48(40-49,43-34-21-11-4-12-22-34)44-35-23-13-5-14-24-35/h31-37H,2-30H2,1H3. The molecule has 1 atom stereocenters. The Bertz CT molecular complexity index is 1100. The van der Waals surface area contributed by atoms with Crippen LogP contribution in [0.4, 0.5) is 0 Å². The summed E-state index contributed by atoms with van der Waals surface area (Å²) in [7, 11) is -9.90. The summed E-state index contributed by atoms with van der Waals surface area (Å²) >= 11 is 0. The normalized spacial score (nSPS) is 34.5. The Labute approximate surface area is 298 Å². The maximum Gasteiger partial charge on any atom is 0.349 e. The predicted octanol–water partition coefficient (Wildman–Crippen LogP) is 14.2. The molecule has 7 aliphatic rings. The highest BCUT2D eigenvalue weighted by molar-refractivity contribution is 7.78. The lowest BCUT2D eigenvalue weighted by Crippen LogP contribution is -2.25. The number of rotatable bonds is 12. The minimum atomic E-state index is -3.31. The van der Waals surface area contributed by atoms with Crippen LogP contribution < -0.4 is 0 Å². The molecule has 0 radical (unpaired) electrons. The molecule has 7 rings (SSSR count). The van der Waals surface area contributed by atoms with Gasteiger partial charge in [-0.05, 0) is 95.8 Å². The smallest absolute Gasteiger partial charge is 0.303 e. The van der Waals surface area contributed by atoms with Crippen LogP contribution in [0.25, 0.3) is 0 Å². The lowest BCUT2D eigenvalue weighted by Gasteiger charge is -2.41. The summed E-state index contributed by atoms with van der Waals surface area (Å²) in [4.78, 5) is 0. The Morgan fingerprint density at radius 2 is 0.490 bits per heavy atom. The molecule has 0 aromatic rings. The fraction of sp³-hybridized carbons (Fsp3) is 1.00. The van der Waals surface area contributed by atoms with E-state index in [1.165, 1.54) is 96.3 Å². The van der Waals surface area contributed by atoms with E-state index in [1.54, 1.807) is 0 Å². The summed E-state index contributed by atoms with van der Waals surface area (Å²) in [5.74, 6) is 0.718. The van der Waals surface area contributed by atoms with Crippen molar-refractivity contribution in [3.63, 3.8) is 0 Å². The molecule has 0 bridgehead atoms. The van der Waals surface area contributed by atoms with Gasteiger partial charge in [0.05, 0.1) is 36.6 Å². The molecule has 0 amide bonds. The van der Waals surface area contributed by atoms with Gasteiger partial charge in [0, 0.05) is 0 Å². The molecule has 0 aromatic carbocycles. The highest BCUT2D eigenvalue weighted by atomic mass is 31.3. The van der Waals surface area contributed by atoms with Crippen LogP contribution in [0.3, 0.4) is 0 Å². The molecule has 0 saturated heterocycles. The van der Waals surface area contributed by atoms with E-state index < -0.39 is 23.0 Å². The average Bonchev–Trinajstić information content (AvgIpc) is 3.11. The summed E-state index contributed by atoms with van der Waals surface area (Å²) in [6.07, 6.45) is 32.9. The first-order chi connectivity index (χ1) is 24.0. The first-order valence-corrected chi connectivity index (χ1v) is 25.6. The lowest BCUT2D eigenvalue weighted by molar-refractivity contribution is 0.0785. The van der Waals surface area contributed by atoms with Crippen molar-refractivity contribution in [2.24, 2.45) is 19.5 Å². The van der Waals surface area contributed by atoms with E-state index in [2.05, 4.69) is 6.92 Å². The zero-order valence-corrected chi connectivity index (χ0v) is 33.4. The molecular weight excluding hydrogens is 675 g/mol. The third kappa shape index (κ3) is 10.8. The quantitative estimate of drug-likeness (QED) is 0.185. The fourth-order valence-corrected chi connectivity index (χ4v) is 19.8. The molecule has 1 heterocycles. The molecule has 1 unspecified atom stereocenters. The van der Waals surface area contributed by atoms with Gasteiger partial charge < -0.3 is 27.1 Å². The molecule has 6 aliphatic carbocycles. The minimum absolute atomic E-state index is 0.0521. The van der Waals surface area contributed by atoms with Gasteiger partial charge in [-0.1, -0.05) is 103 Å². The van der Waals surface area contributed by atoms with E-state index in [9.17, 15) is 0 Å². The van der Waals surface area contributed by atoms with Gasteiger partial charge in [0.25, 0.3) is 0 Å². The van der Waals surface area contributed by atoms with E-state index >= 15 is 0 Å². The third-order valence-electron chi connectivity index (χ3n) is 12.1. The maximum atomic E-state index is 7.37. The second-order valence-corrected chi connectivity index (χ2v) is 22.9. The van der Waals surface area contributed by atoms with Crippen molar-refractivity contribution < 1.29 is 27.1 Å². The monoisotopic (exact) mass is 743 g/mol. The van der Waals surface area contributed by atoms with E-state index in [0.717, 1.165) is 95.8 Å². The maximum absolute atomic E-state index is 7.37. The van der Waals surface area contributed by atoms with Gasteiger partial charge in [-0.3, -0.25) is 0 Å².